The van der Waals surface area contributed by atoms with Gasteiger partial charge in [-0.15, -0.1) is 0 Å². The molecule has 3 aromatic rings. The standard InChI is InChI=1S/C24H27N3O5/c1-16-6-8-27(9-7-16)19(20-3-2-10-29-20)15-25-24(28)18-14-22(32-26-18)17-4-5-21-23(13-17)31-12-11-30-21/h2-5,10,13-14,16,19H,6-9,11-12,15H2,1H3,(H,25,28)/t19-/m0/s1. The van der Waals surface area contributed by atoms with Gasteiger partial charge in [-0.25, -0.2) is 0 Å². The normalized spacial score (nSPS) is 17.8. The number of piperidine rings is 1. The molecule has 0 saturated carbocycles. The lowest BCUT2D eigenvalue weighted by Crippen LogP contribution is -2.41. The SMILES string of the molecule is CC1CCN([C@@H](CNC(=O)c2cc(-c3ccc4c(c3)OCCO4)on2)c2ccco2)CC1. The molecule has 1 fully saturated rings. The van der Waals surface area contributed by atoms with Crippen molar-refractivity contribution in [2.45, 2.75) is 25.8 Å². The Hall–Kier alpha value is -3.26. The summed E-state index contributed by atoms with van der Waals surface area (Å²) in [6, 6.07) is 11.0. The van der Waals surface area contributed by atoms with E-state index in [1.807, 2.05) is 30.3 Å². The second-order valence-corrected chi connectivity index (χ2v) is 8.39. The quantitative estimate of drug-likeness (QED) is 0.625. The minimum absolute atomic E-state index is 0.00869. The third-order valence-electron chi connectivity index (χ3n) is 6.16. The highest BCUT2D eigenvalue weighted by Crippen LogP contribution is 2.34. The Morgan fingerprint density at radius 3 is 2.75 bits per heavy atom. The number of benzene rings is 1. The van der Waals surface area contributed by atoms with Crippen LogP contribution in [0.15, 0.2) is 51.6 Å². The van der Waals surface area contributed by atoms with Gasteiger partial charge in [-0.05, 0) is 62.2 Å². The van der Waals surface area contributed by atoms with E-state index in [0.29, 0.717) is 37.0 Å². The van der Waals surface area contributed by atoms with Crippen molar-refractivity contribution in [2.75, 3.05) is 32.8 Å². The monoisotopic (exact) mass is 437 g/mol. The third kappa shape index (κ3) is 4.36. The summed E-state index contributed by atoms with van der Waals surface area (Å²) in [6.45, 7) is 5.74. The molecule has 0 spiro atoms. The highest BCUT2D eigenvalue weighted by atomic mass is 16.6. The average molecular weight is 437 g/mol. The van der Waals surface area contributed by atoms with Crippen LogP contribution in [-0.2, 0) is 0 Å². The second kappa shape index (κ2) is 9.08. The summed E-state index contributed by atoms with van der Waals surface area (Å²) >= 11 is 0. The predicted octanol–water partition coefficient (Wildman–Crippen LogP) is 3.91. The number of ether oxygens (including phenoxy) is 2. The summed E-state index contributed by atoms with van der Waals surface area (Å²) in [5, 5.41) is 6.97. The summed E-state index contributed by atoms with van der Waals surface area (Å²) in [7, 11) is 0. The first-order valence-electron chi connectivity index (χ1n) is 11.1. The van der Waals surface area contributed by atoms with Gasteiger partial charge in [-0.1, -0.05) is 12.1 Å². The molecule has 1 amide bonds. The number of amides is 1. The lowest BCUT2D eigenvalue weighted by Gasteiger charge is -2.35. The van der Waals surface area contributed by atoms with E-state index in [2.05, 4.69) is 22.3 Å². The molecule has 8 nitrogen and oxygen atoms in total. The minimum Gasteiger partial charge on any atom is -0.486 e. The Morgan fingerprint density at radius 2 is 1.97 bits per heavy atom. The van der Waals surface area contributed by atoms with Gasteiger partial charge in [0.1, 0.15) is 19.0 Å². The molecular formula is C24H27N3O5. The third-order valence-corrected chi connectivity index (χ3v) is 6.16. The molecule has 0 radical (unpaired) electrons. The lowest BCUT2D eigenvalue weighted by atomic mass is 9.97. The zero-order valence-electron chi connectivity index (χ0n) is 18.1. The predicted molar refractivity (Wildman–Crippen MR) is 117 cm³/mol. The molecule has 32 heavy (non-hydrogen) atoms. The number of fused-ring (bicyclic) bond motifs is 1. The molecule has 2 aliphatic rings. The molecule has 5 rings (SSSR count). The van der Waals surface area contributed by atoms with Crippen LogP contribution in [-0.4, -0.2) is 48.8 Å². The van der Waals surface area contributed by atoms with Crippen molar-refractivity contribution in [1.29, 1.82) is 0 Å². The van der Waals surface area contributed by atoms with Gasteiger partial charge in [0.25, 0.3) is 5.91 Å². The summed E-state index contributed by atoms with van der Waals surface area (Å²) in [5.41, 5.74) is 1.01. The number of rotatable bonds is 6. The van der Waals surface area contributed by atoms with E-state index in [4.69, 9.17) is 18.4 Å². The number of furan rings is 1. The highest BCUT2D eigenvalue weighted by Gasteiger charge is 2.27. The van der Waals surface area contributed by atoms with Crippen LogP contribution in [0.5, 0.6) is 11.5 Å². The van der Waals surface area contributed by atoms with Gasteiger partial charge < -0.3 is 23.7 Å². The number of nitrogens with one attached hydrogen (secondary N) is 1. The topological polar surface area (TPSA) is 90.0 Å². The number of hydrogen-bond donors (Lipinski definition) is 1. The van der Waals surface area contributed by atoms with Gasteiger partial charge in [0.15, 0.2) is 23.0 Å². The molecular weight excluding hydrogens is 410 g/mol. The van der Waals surface area contributed by atoms with E-state index in [9.17, 15) is 4.79 Å². The summed E-state index contributed by atoms with van der Waals surface area (Å²) in [6.07, 6.45) is 3.97. The number of nitrogens with zero attached hydrogens (tertiary/aromatic N) is 2. The molecule has 0 bridgehead atoms. The van der Waals surface area contributed by atoms with Crippen molar-refractivity contribution in [3.8, 4) is 22.8 Å². The van der Waals surface area contributed by atoms with Crippen molar-refractivity contribution < 1.29 is 23.2 Å². The van der Waals surface area contributed by atoms with E-state index in [0.717, 1.165) is 43.2 Å². The Morgan fingerprint density at radius 1 is 1.16 bits per heavy atom. The van der Waals surface area contributed by atoms with Crippen molar-refractivity contribution in [1.82, 2.24) is 15.4 Å². The molecule has 0 aliphatic carbocycles. The zero-order chi connectivity index (χ0) is 21.9. The molecule has 1 aromatic carbocycles. The summed E-state index contributed by atoms with van der Waals surface area (Å²) in [5.74, 6) is 3.17. The van der Waals surface area contributed by atoms with Crippen molar-refractivity contribution in [3.05, 3.63) is 54.1 Å². The Bertz CT molecular complexity index is 1050. The minimum atomic E-state index is -0.278. The molecule has 2 aromatic heterocycles. The summed E-state index contributed by atoms with van der Waals surface area (Å²) in [4.78, 5) is 15.2. The molecule has 1 saturated heterocycles. The van der Waals surface area contributed by atoms with Crippen LogP contribution in [0.2, 0.25) is 0 Å². The smallest absolute Gasteiger partial charge is 0.273 e. The fourth-order valence-electron chi connectivity index (χ4n) is 4.23. The van der Waals surface area contributed by atoms with Crippen molar-refractivity contribution >= 4 is 5.91 Å². The Labute approximate surface area is 186 Å². The van der Waals surface area contributed by atoms with Gasteiger partial charge in [0, 0.05) is 18.2 Å². The first-order chi connectivity index (χ1) is 15.7. The van der Waals surface area contributed by atoms with E-state index >= 15 is 0 Å². The lowest BCUT2D eigenvalue weighted by molar-refractivity contribution is 0.0887. The van der Waals surface area contributed by atoms with E-state index in [-0.39, 0.29) is 17.6 Å². The van der Waals surface area contributed by atoms with Crippen LogP contribution in [0, 0.1) is 5.92 Å². The molecule has 2 aliphatic heterocycles. The Balaban J connectivity index is 1.26. The molecule has 1 N–H and O–H groups in total. The molecule has 0 unspecified atom stereocenters. The summed E-state index contributed by atoms with van der Waals surface area (Å²) < 4.78 is 22.3. The molecule has 168 valence electrons. The highest BCUT2D eigenvalue weighted by molar-refractivity contribution is 5.93. The fourth-order valence-corrected chi connectivity index (χ4v) is 4.23. The number of likely N-dealkylation sites (tertiary alicyclic amines) is 1. The number of carbonyl (C=O) groups excluding carboxylic acids is 1. The van der Waals surface area contributed by atoms with E-state index in [1.54, 1.807) is 12.3 Å². The molecule has 8 heteroatoms. The average Bonchev–Trinajstić information content (AvgIpc) is 3.53. The maximum Gasteiger partial charge on any atom is 0.273 e. The van der Waals surface area contributed by atoms with Crippen LogP contribution in [0.25, 0.3) is 11.3 Å². The first-order valence-corrected chi connectivity index (χ1v) is 11.1. The second-order valence-electron chi connectivity index (χ2n) is 8.39. The van der Waals surface area contributed by atoms with Gasteiger partial charge >= 0.3 is 0 Å². The van der Waals surface area contributed by atoms with Gasteiger partial charge in [0.05, 0.1) is 12.3 Å². The van der Waals surface area contributed by atoms with Crippen LogP contribution in [0.4, 0.5) is 0 Å². The van der Waals surface area contributed by atoms with Crippen molar-refractivity contribution in [3.63, 3.8) is 0 Å². The van der Waals surface area contributed by atoms with E-state index < -0.39 is 0 Å². The van der Waals surface area contributed by atoms with Gasteiger partial charge in [-0.2, -0.15) is 0 Å². The fraction of sp³-hybridized carbons (Fsp3) is 0.417. The van der Waals surface area contributed by atoms with Gasteiger partial charge in [0.2, 0.25) is 0 Å². The molecule has 4 heterocycles. The maximum atomic E-state index is 12.8. The number of aromatic nitrogens is 1. The maximum absolute atomic E-state index is 12.8. The number of carbonyl (C=O) groups is 1. The van der Waals surface area contributed by atoms with Crippen LogP contribution >= 0.6 is 0 Å². The largest absolute Gasteiger partial charge is 0.486 e. The van der Waals surface area contributed by atoms with Crippen molar-refractivity contribution in [2.24, 2.45) is 5.92 Å². The van der Waals surface area contributed by atoms with Crippen LogP contribution in [0.1, 0.15) is 42.1 Å². The number of hydrogen-bond acceptors (Lipinski definition) is 7. The van der Waals surface area contributed by atoms with Crippen LogP contribution in [0.3, 0.4) is 0 Å². The Kier molecular flexibility index (Phi) is 5.85. The van der Waals surface area contributed by atoms with Crippen LogP contribution < -0.4 is 14.8 Å². The molecule has 1 atom stereocenters. The van der Waals surface area contributed by atoms with Gasteiger partial charge in [-0.3, -0.25) is 9.69 Å². The zero-order valence-corrected chi connectivity index (χ0v) is 18.1. The van der Waals surface area contributed by atoms with E-state index in [1.165, 1.54) is 0 Å². The first kappa shape index (κ1) is 20.6.